The summed E-state index contributed by atoms with van der Waals surface area (Å²) in [5.74, 6) is 0.672. The number of hydrogen-bond acceptors (Lipinski definition) is 5. The molecule has 0 unspecified atom stereocenters. The van der Waals surface area contributed by atoms with Crippen molar-refractivity contribution in [3.8, 4) is 0 Å². The van der Waals surface area contributed by atoms with Crippen molar-refractivity contribution in [3.63, 3.8) is 0 Å². The Morgan fingerprint density at radius 3 is 2.62 bits per heavy atom. The van der Waals surface area contributed by atoms with Crippen LogP contribution in [0.5, 0.6) is 0 Å². The molecular weight excluding hydrogens is 328 g/mol. The van der Waals surface area contributed by atoms with Crippen molar-refractivity contribution in [1.82, 2.24) is 10.6 Å². The van der Waals surface area contributed by atoms with Gasteiger partial charge in [-0.2, -0.15) is 0 Å². The van der Waals surface area contributed by atoms with Gasteiger partial charge in [0.2, 0.25) is 5.91 Å². The highest BCUT2D eigenvalue weighted by molar-refractivity contribution is 7.91. The van der Waals surface area contributed by atoms with E-state index in [-0.39, 0.29) is 36.0 Å². The molecule has 2 heterocycles. The van der Waals surface area contributed by atoms with Crippen LogP contribution in [0.3, 0.4) is 0 Å². The van der Waals surface area contributed by atoms with Gasteiger partial charge in [-0.05, 0) is 24.1 Å². The number of sulfone groups is 1. The lowest BCUT2D eigenvalue weighted by Gasteiger charge is -2.18. The highest BCUT2D eigenvalue weighted by Crippen LogP contribution is 2.22. The fourth-order valence-electron chi connectivity index (χ4n) is 2.87. The Kier molecular flexibility index (Phi) is 5.01. The van der Waals surface area contributed by atoms with E-state index in [9.17, 15) is 13.2 Å². The van der Waals surface area contributed by atoms with Crippen molar-refractivity contribution in [3.05, 3.63) is 60.1 Å². The Bertz CT molecular complexity index is 772. The number of furan rings is 1. The molecule has 2 aromatic rings. The molecule has 1 amide bonds. The molecule has 1 aromatic carbocycles. The van der Waals surface area contributed by atoms with Gasteiger partial charge in [-0.15, -0.1) is 0 Å². The molecule has 2 atom stereocenters. The molecule has 24 heavy (non-hydrogen) atoms. The molecule has 1 aromatic heterocycles. The van der Waals surface area contributed by atoms with Gasteiger partial charge in [-0.1, -0.05) is 30.3 Å². The summed E-state index contributed by atoms with van der Waals surface area (Å²) in [5.41, 5.74) is 0.990. The third kappa shape index (κ3) is 4.24. The maximum atomic E-state index is 12.1. The molecule has 0 radical (unpaired) electrons. The minimum atomic E-state index is -3.00. The van der Waals surface area contributed by atoms with Crippen LogP contribution in [0.15, 0.2) is 53.1 Å². The number of carbonyl (C=O) groups is 1. The molecular formula is C17H20N2O4S. The Labute approximate surface area is 141 Å². The van der Waals surface area contributed by atoms with Gasteiger partial charge in [0.25, 0.3) is 0 Å². The fourth-order valence-corrected chi connectivity index (χ4v) is 4.54. The summed E-state index contributed by atoms with van der Waals surface area (Å²) >= 11 is 0. The number of hydrogen-bond donors (Lipinski definition) is 2. The van der Waals surface area contributed by atoms with E-state index in [1.54, 1.807) is 12.3 Å². The molecule has 0 aliphatic carbocycles. The van der Waals surface area contributed by atoms with E-state index in [0.29, 0.717) is 6.42 Å². The number of rotatable bonds is 6. The molecule has 6 nitrogen and oxygen atoms in total. The lowest BCUT2D eigenvalue weighted by molar-refractivity contribution is -0.120. The molecule has 3 rings (SSSR count). The van der Waals surface area contributed by atoms with E-state index in [1.165, 1.54) is 0 Å². The maximum Gasteiger partial charge on any atom is 0.234 e. The molecule has 0 saturated carbocycles. The van der Waals surface area contributed by atoms with Crippen LogP contribution in [-0.2, 0) is 14.6 Å². The van der Waals surface area contributed by atoms with Crippen molar-refractivity contribution >= 4 is 15.7 Å². The lowest BCUT2D eigenvalue weighted by Crippen LogP contribution is -2.42. The van der Waals surface area contributed by atoms with Crippen LogP contribution in [-0.4, -0.2) is 38.4 Å². The molecule has 1 aliphatic rings. The lowest BCUT2D eigenvalue weighted by atomic mass is 10.0. The maximum absolute atomic E-state index is 12.1. The minimum absolute atomic E-state index is 0.0268. The van der Waals surface area contributed by atoms with E-state index in [1.807, 2.05) is 36.4 Å². The van der Waals surface area contributed by atoms with Crippen LogP contribution in [0, 0.1) is 0 Å². The van der Waals surface area contributed by atoms with Crippen LogP contribution in [0.1, 0.15) is 23.8 Å². The van der Waals surface area contributed by atoms with E-state index >= 15 is 0 Å². The quantitative estimate of drug-likeness (QED) is 0.820. The number of carbonyl (C=O) groups excluding carboxylic acids is 1. The topological polar surface area (TPSA) is 88.4 Å². The third-order valence-corrected chi connectivity index (χ3v) is 5.79. The van der Waals surface area contributed by atoms with Gasteiger partial charge in [0, 0.05) is 6.04 Å². The second-order valence-corrected chi connectivity index (χ2v) is 8.14. The average Bonchev–Trinajstić information content (AvgIpc) is 3.18. The number of amides is 1. The Balaban J connectivity index is 1.61. The van der Waals surface area contributed by atoms with Gasteiger partial charge in [-0.3, -0.25) is 10.1 Å². The smallest absolute Gasteiger partial charge is 0.234 e. The highest BCUT2D eigenvalue weighted by Gasteiger charge is 2.29. The number of nitrogens with one attached hydrogen (secondary N) is 2. The van der Waals surface area contributed by atoms with Crippen LogP contribution in [0.25, 0.3) is 0 Å². The van der Waals surface area contributed by atoms with Gasteiger partial charge in [0.1, 0.15) is 5.76 Å². The first-order chi connectivity index (χ1) is 11.5. The average molecular weight is 348 g/mol. The summed E-state index contributed by atoms with van der Waals surface area (Å²) in [5, 5.41) is 5.95. The second kappa shape index (κ2) is 7.19. The van der Waals surface area contributed by atoms with E-state index in [0.717, 1.165) is 11.3 Å². The van der Waals surface area contributed by atoms with Crippen molar-refractivity contribution in [2.24, 2.45) is 0 Å². The van der Waals surface area contributed by atoms with Crippen LogP contribution < -0.4 is 10.6 Å². The SMILES string of the molecule is O=C(CN[C@@H](c1ccccc1)c1ccco1)N[C@@H]1CCS(=O)(=O)C1. The van der Waals surface area contributed by atoms with E-state index in [4.69, 9.17) is 4.42 Å². The Hall–Kier alpha value is -2.12. The highest BCUT2D eigenvalue weighted by atomic mass is 32.2. The van der Waals surface area contributed by atoms with Gasteiger partial charge < -0.3 is 9.73 Å². The van der Waals surface area contributed by atoms with Crippen LogP contribution >= 0.6 is 0 Å². The largest absolute Gasteiger partial charge is 0.467 e. The molecule has 2 N–H and O–H groups in total. The summed E-state index contributed by atoms with van der Waals surface area (Å²) in [4.78, 5) is 12.1. The normalized spacial score (nSPS) is 20.6. The molecule has 0 bridgehead atoms. The summed E-state index contributed by atoms with van der Waals surface area (Å²) in [6.07, 6.45) is 2.07. The third-order valence-electron chi connectivity index (χ3n) is 4.02. The van der Waals surface area contributed by atoms with Gasteiger partial charge in [0.15, 0.2) is 9.84 Å². The molecule has 1 aliphatic heterocycles. The monoisotopic (exact) mass is 348 g/mol. The standard InChI is InChI=1S/C17H20N2O4S/c20-16(19-14-8-10-24(21,22)12-14)11-18-17(15-7-4-9-23-15)13-5-2-1-3-6-13/h1-7,9,14,17-18H,8,10-12H2,(H,19,20)/t14-,17+/m1/s1. The first kappa shape index (κ1) is 16.7. The van der Waals surface area contributed by atoms with E-state index in [2.05, 4.69) is 10.6 Å². The van der Waals surface area contributed by atoms with Gasteiger partial charge in [-0.25, -0.2) is 8.42 Å². The zero-order chi connectivity index (χ0) is 17.0. The zero-order valence-corrected chi connectivity index (χ0v) is 14.0. The first-order valence-corrected chi connectivity index (χ1v) is 9.67. The molecule has 1 saturated heterocycles. The van der Waals surface area contributed by atoms with Gasteiger partial charge in [0.05, 0.1) is 30.4 Å². The van der Waals surface area contributed by atoms with Gasteiger partial charge >= 0.3 is 0 Å². The zero-order valence-electron chi connectivity index (χ0n) is 13.1. The molecule has 0 spiro atoms. The summed E-state index contributed by atoms with van der Waals surface area (Å²) in [7, 11) is -3.00. The fraction of sp³-hybridized carbons (Fsp3) is 0.353. The summed E-state index contributed by atoms with van der Waals surface area (Å²) < 4.78 is 28.4. The van der Waals surface area contributed by atoms with Crippen LogP contribution in [0.4, 0.5) is 0 Å². The Morgan fingerprint density at radius 2 is 2.00 bits per heavy atom. The Morgan fingerprint density at radius 1 is 1.21 bits per heavy atom. The molecule has 7 heteroatoms. The summed E-state index contributed by atoms with van der Waals surface area (Å²) in [6.45, 7) is 0.0802. The predicted molar refractivity (Wildman–Crippen MR) is 90.2 cm³/mol. The summed E-state index contributed by atoms with van der Waals surface area (Å²) in [6, 6.07) is 12.8. The second-order valence-electron chi connectivity index (χ2n) is 5.91. The minimum Gasteiger partial charge on any atom is -0.467 e. The van der Waals surface area contributed by atoms with E-state index < -0.39 is 9.84 Å². The van der Waals surface area contributed by atoms with Crippen molar-refractivity contribution in [2.45, 2.75) is 18.5 Å². The van der Waals surface area contributed by atoms with Crippen molar-refractivity contribution in [2.75, 3.05) is 18.1 Å². The number of benzene rings is 1. The van der Waals surface area contributed by atoms with Crippen molar-refractivity contribution < 1.29 is 17.6 Å². The van der Waals surface area contributed by atoms with Crippen molar-refractivity contribution in [1.29, 1.82) is 0 Å². The van der Waals surface area contributed by atoms with Crippen LogP contribution in [0.2, 0.25) is 0 Å². The molecule has 128 valence electrons. The molecule has 1 fully saturated rings. The predicted octanol–water partition coefficient (Wildman–Crippen LogP) is 1.26. The first-order valence-electron chi connectivity index (χ1n) is 7.85.